The third-order valence-electron chi connectivity index (χ3n) is 4.78. The van der Waals surface area contributed by atoms with Crippen LogP contribution in [0.3, 0.4) is 0 Å². The Morgan fingerprint density at radius 2 is 1.85 bits per heavy atom. The Bertz CT molecular complexity index is 817. The summed E-state index contributed by atoms with van der Waals surface area (Å²) >= 11 is 0. The summed E-state index contributed by atoms with van der Waals surface area (Å²) in [5, 5.41) is 5.51. The van der Waals surface area contributed by atoms with Crippen LogP contribution in [0.15, 0.2) is 48.5 Å². The van der Waals surface area contributed by atoms with E-state index in [2.05, 4.69) is 17.6 Å². The fourth-order valence-corrected chi connectivity index (χ4v) is 3.11. The Morgan fingerprint density at radius 1 is 1.11 bits per heavy atom. The molecule has 5 nitrogen and oxygen atoms in total. The van der Waals surface area contributed by atoms with Crippen molar-refractivity contribution in [2.24, 2.45) is 5.92 Å². The first-order valence-corrected chi connectivity index (χ1v) is 9.20. The van der Waals surface area contributed by atoms with Crippen LogP contribution in [-0.4, -0.2) is 36.3 Å². The van der Waals surface area contributed by atoms with Crippen molar-refractivity contribution in [3.8, 4) is 0 Å². The summed E-state index contributed by atoms with van der Waals surface area (Å²) < 4.78 is 13.6. The van der Waals surface area contributed by atoms with E-state index in [0.717, 1.165) is 25.9 Å². The maximum Gasteiger partial charge on any atom is 0.253 e. The molecule has 0 aromatic heterocycles. The summed E-state index contributed by atoms with van der Waals surface area (Å²) in [4.78, 5) is 26.6. The van der Waals surface area contributed by atoms with Crippen molar-refractivity contribution in [3.63, 3.8) is 0 Å². The number of rotatable bonds is 5. The maximum absolute atomic E-state index is 13.6. The van der Waals surface area contributed by atoms with Crippen LogP contribution in [0.1, 0.15) is 30.1 Å². The molecule has 1 aliphatic heterocycles. The molecule has 0 spiro atoms. The lowest BCUT2D eigenvalue weighted by atomic mass is 9.98. The monoisotopic (exact) mass is 369 g/mol. The quantitative estimate of drug-likeness (QED) is 0.844. The minimum Gasteiger partial charge on any atom is -0.374 e. The molecule has 2 aromatic carbocycles. The Balaban J connectivity index is 1.57. The van der Waals surface area contributed by atoms with E-state index in [1.165, 1.54) is 6.07 Å². The van der Waals surface area contributed by atoms with Gasteiger partial charge < -0.3 is 15.5 Å². The van der Waals surface area contributed by atoms with Crippen molar-refractivity contribution in [1.82, 2.24) is 4.90 Å². The number of para-hydroxylation sites is 1. The maximum atomic E-state index is 13.6. The number of benzene rings is 2. The topological polar surface area (TPSA) is 61.4 Å². The van der Waals surface area contributed by atoms with Gasteiger partial charge in [0.05, 0.1) is 12.2 Å². The zero-order chi connectivity index (χ0) is 19.2. The molecule has 0 atom stereocenters. The SMILES string of the molecule is CC1CCN(C(=O)c2cccc(NC(=O)CNc3ccccc3F)c2)CC1. The van der Waals surface area contributed by atoms with E-state index in [4.69, 9.17) is 0 Å². The van der Waals surface area contributed by atoms with E-state index in [9.17, 15) is 14.0 Å². The lowest BCUT2D eigenvalue weighted by Crippen LogP contribution is -2.37. The van der Waals surface area contributed by atoms with Crippen molar-refractivity contribution < 1.29 is 14.0 Å². The number of amides is 2. The molecule has 0 unspecified atom stereocenters. The van der Waals surface area contributed by atoms with E-state index in [-0.39, 0.29) is 24.0 Å². The highest BCUT2D eigenvalue weighted by Crippen LogP contribution is 2.20. The molecular weight excluding hydrogens is 345 g/mol. The van der Waals surface area contributed by atoms with Gasteiger partial charge in [0.2, 0.25) is 5.91 Å². The van der Waals surface area contributed by atoms with Crippen LogP contribution in [0.25, 0.3) is 0 Å². The minimum absolute atomic E-state index is 0.0116. The van der Waals surface area contributed by atoms with Gasteiger partial charge in [-0.25, -0.2) is 4.39 Å². The molecular formula is C21H24FN3O2. The molecule has 0 aliphatic carbocycles. The normalized spacial score (nSPS) is 14.7. The predicted molar refractivity (Wildman–Crippen MR) is 104 cm³/mol. The van der Waals surface area contributed by atoms with Gasteiger partial charge >= 0.3 is 0 Å². The van der Waals surface area contributed by atoms with Gasteiger partial charge in [0.1, 0.15) is 5.82 Å². The smallest absolute Gasteiger partial charge is 0.253 e. The Kier molecular flexibility index (Phi) is 6.06. The van der Waals surface area contributed by atoms with Crippen molar-refractivity contribution >= 4 is 23.2 Å². The standard InChI is InChI=1S/C21H24FN3O2/c1-15-9-11-25(12-10-15)21(27)16-5-4-6-17(13-16)24-20(26)14-23-19-8-3-2-7-18(19)22/h2-8,13,15,23H,9-12,14H2,1H3,(H,24,26). The van der Waals surface area contributed by atoms with E-state index >= 15 is 0 Å². The highest BCUT2D eigenvalue weighted by Gasteiger charge is 2.21. The second kappa shape index (κ2) is 8.66. The Labute approximate surface area is 158 Å². The first-order valence-electron chi connectivity index (χ1n) is 9.20. The van der Waals surface area contributed by atoms with Crippen molar-refractivity contribution in [1.29, 1.82) is 0 Å². The van der Waals surface area contributed by atoms with Crippen molar-refractivity contribution in [3.05, 3.63) is 59.9 Å². The third-order valence-corrected chi connectivity index (χ3v) is 4.78. The molecule has 27 heavy (non-hydrogen) atoms. The average Bonchev–Trinajstić information content (AvgIpc) is 2.67. The van der Waals surface area contributed by atoms with E-state index < -0.39 is 5.82 Å². The zero-order valence-corrected chi connectivity index (χ0v) is 15.4. The van der Waals surface area contributed by atoms with Crippen molar-refractivity contribution in [2.45, 2.75) is 19.8 Å². The van der Waals surface area contributed by atoms with Crippen LogP contribution in [0.2, 0.25) is 0 Å². The molecule has 2 amide bonds. The molecule has 1 fully saturated rings. The van der Waals surface area contributed by atoms with Gasteiger partial charge in [-0.05, 0) is 49.1 Å². The molecule has 0 bridgehead atoms. The predicted octanol–water partition coefficient (Wildman–Crippen LogP) is 3.75. The van der Waals surface area contributed by atoms with Gasteiger partial charge in [0.15, 0.2) is 0 Å². The first-order chi connectivity index (χ1) is 13.0. The number of carbonyl (C=O) groups excluding carboxylic acids is 2. The Morgan fingerprint density at radius 3 is 2.59 bits per heavy atom. The molecule has 142 valence electrons. The Hall–Kier alpha value is -2.89. The van der Waals surface area contributed by atoms with Crippen LogP contribution in [-0.2, 0) is 4.79 Å². The number of nitrogens with one attached hydrogen (secondary N) is 2. The third kappa shape index (κ3) is 5.06. The average molecular weight is 369 g/mol. The van der Waals surface area contributed by atoms with E-state index in [0.29, 0.717) is 17.2 Å². The highest BCUT2D eigenvalue weighted by atomic mass is 19.1. The molecule has 2 N–H and O–H groups in total. The molecule has 1 heterocycles. The fourth-order valence-electron chi connectivity index (χ4n) is 3.11. The first kappa shape index (κ1) is 18.9. The molecule has 2 aromatic rings. The summed E-state index contributed by atoms with van der Waals surface area (Å²) in [6.45, 7) is 3.67. The van der Waals surface area contributed by atoms with Gasteiger partial charge in [0.25, 0.3) is 5.91 Å². The number of hydrogen-bond acceptors (Lipinski definition) is 3. The summed E-state index contributed by atoms with van der Waals surface area (Å²) in [5.41, 5.74) is 1.38. The van der Waals surface area contributed by atoms with Gasteiger partial charge in [-0.3, -0.25) is 9.59 Å². The van der Waals surface area contributed by atoms with Gasteiger partial charge in [-0.1, -0.05) is 25.1 Å². The van der Waals surface area contributed by atoms with Crippen LogP contribution < -0.4 is 10.6 Å². The second-order valence-corrected chi connectivity index (χ2v) is 6.94. The number of anilines is 2. The van der Waals surface area contributed by atoms with Gasteiger partial charge in [0, 0.05) is 24.3 Å². The number of piperidine rings is 1. The summed E-state index contributed by atoms with van der Waals surface area (Å²) in [7, 11) is 0. The molecule has 3 rings (SSSR count). The van der Waals surface area contributed by atoms with Gasteiger partial charge in [-0.15, -0.1) is 0 Å². The van der Waals surface area contributed by atoms with Crippen LogP contribution >= 0.6 is 0 Å². The summed E-state index contributed by atoms with van der Waals surface area (Å²) in [6.07, 6.45) is 2.04. The second-order valence-electron chi connectivity index (χ2n) is 6.94. The van der Waals surface area contributed by atoms with Crippen LogP contribution in [0.4, 0.5) is 15.8 Å². The van der Waals surface area contributed by atoms with E-state index in [1.54, 1.807) is 42.5 Å². The zero-order valence-electron chi connectivity index (χ0n) is 15.4. The van der Waals surface area contributed by atoms with Crippen LogP contribution in [0.5, 0.6) is 0 Å². The largest absolute Gasteiger partial charge is 0.374 e. The summed E-state index contributed by atoms with van der Waals surface area (Å²) in [6, 6.07) is 13.1. The summed E-state index contributed by atoms with van der Waals surface area (Å²) in [5.74, 6) is -0.0764. The fraction of sp³-hybridized carbons (Fsp3) is 0.333. The van der Waals surface area contributed by atoms with Gasteiger partial charge in [-0.2, -0.15) is 0 Å². The molecule has 1 aliphatic rings. The number of hydrogen-bond donors (Lipinski definition) is 2. The number of halogens is 1. The van der Waals surface area contributed by atoms with E-state index in [1.807, 2.05) is 4.90 Å². The highest BCUT2D eigenvalue weighted by molar-refractivity contribution is 5.98. The molecule has 6 heteroatoms. The number of likely N-dealkylation sites (tertiary alicyclic amines) is 1. The molecule has 0 radical (unpaired) electrons. The molecule has 1 saturated heterocycles. The molecule has 0 saturated carbocycles. The lowest BCUT2D eigenvalue weighted by molar-refractivity contribution is -0.114. The number of nitrogens with zero attached hydrogens (tertiary/aromatic N) is 1. The van der Waals surface area contributed by atoms with Crippen molar-refractivity contribution in [2.75, 3.05) is 30.3 Å². The lowest BCUT2D eigenvalue weighted by Gasteiger charge is -2.30. The van der Waals surface area contributed by atoms with Crippen LogP contribution in [0, 0.1) is 11.7 Å². The minimum atomic E-state index is -0.409. The number of carbonyl (C=O) groups is 2.